The molecule has 1 fully saturated rings. The first kappa shape index (κ1) is 22.6. The Morgan fingerprint density at radius 3 is 1.39 bits per heavy atom. The fourth-order valence-electron chi connectivity index (χ4n) is 1.14. The van der Waals surface area contributed by atoms with Crippen molar-refractivity contribution in [3.63, 3.8) is 0 Å². The number of carbonyl (C=O) groups is 1. The van der Waals surface area contributed by atoms with E-state index in [2.05, 4.69) is 41.5 Å². The molecule has 112 valence electrons. The van der Waals surface area contributed by atoms with Crippen LogP contribution in [0.25, 0.3) is 0 Å². The molecule has 1 aliphatic rings. The predicted molar refractivity (Wildman–Crippen MR) is 84.0 cm³/mol. The maximum absolute atomic E-state index is 10.5. The van der Waals surface area contributed by atoms with Gasteiger partial charge in [0, 0.05) is 20.0 Å². The molecule has 0 aromatic heterocycles. The molecule has 0 saturated carbocycles. The van der Waals surface area contributed by atoms with E-state index >= 15 is 0 Å². The van der Waals surface area contributed by atoms with Gasteiger partial charge in [0.2, 0.25) is 5.91 Å². The fraction of sp³-hybridized carbons (Fsp3) is 0.938. The molecule has 1 heterocycles. The van der Waals surface area contributed by atoms with Crippen LogP contribution in [0.15, 0.2) is 0 Å². The zero-order chi connectivity index (χ0) is 14.8. The van der Waals surface area contributed by atoms with Crippen molar-refractivity contribution in [2.75, 3.05) is 13.6 Å². The third-order valence-electron chi connectivity index (χ3n) is 2.02. The smallest absolute Gasteiger partial charge is 0.222 e. The standard InChI is InChI=1S/C5H9NO.C5H12.2C3H8/c1-6-4-2-3-5(6)7;1-3-5-4-2;2*1-3-2/h2-4H2,1H3;3-5H2,1-2H3;2*3H2,1-2H3. The van der Waals surface area contributed by atoms with Crippen molar-refractivity contribution in [3.05, 3.63) is 0 Å². The van der Waals surface area contributed by atoms with Gasteiger partial charge in [-0.15, -0.1) is 0 Å². The summed E-state index contributed by atoms with van der Waals surface area (Å²) in [5.41, 5.74) is 0. The first-order valence-corrected chi connectivity index (χ1v) is 7.79. The SMILES string of the molecule is CCC.CCC.CCCCC.CN1CCCC1=O. The van der Waals surface area contributed by atoms with E-state index in [9.17, 15) is 4.79 Å². The number of hydrogen-bond acceptors (Lipinski definition) is 1. The highest BCUT2D eigenvalue weighted by atomic mass is 16.2. The van der Waals surface area contributed by atoms with Gasteiger partial charge in [-0.25, -0.2) is 0 Å². The largest absolute Gasteiger partial charge is 0.346 e. The lowest BCUT2D eigenvalue weighted by Gasteiger charge is -2.03. The van der Waals surface area contributed by atoms with E-state index in [1.165, 1.54) is 32.1 Å². The van der Waals surface area contributed by atoms with Crippen molar-refractivity contribution < 1.29 is 4.79 Å². The lowest BCUT2D eigenvalue weighted by molar-refractivity contribution is -0.126. The highest BCUT2D eigenvalue weighted by Gasteiger charge is 2.14. The minimum Gasteiger partial charge on any atom is -0.346 e. The lowest BCUT2D eigenvalue weighted by Crippen LogP contribution is -2.17. The van der Waals surface area contributed by atoms with Gasteiger partial charge in [0.1, 0.15) is 0 Å². The molecule has 0 unspecified atom stereocenters. The summed E-state index contributed by atoms with van der Waals surface area (Å²) in [6.45, 7) is 13.9. The van der Waals surface area contributed by atoms with E-state index in [-0.39, 0.29) is 0 Å². The highest BCUT2D eigenvalue weighted by Crippen LogP contribution is 2.04. The Morgan fingerprint density at radius 2 is 1.33 bits per heavy atom. The molecule has 0 aliphatic carbocycles. The van der Waals surface area contributed by atoms with Gasteiger partial charge in [-0.05, 0) is 6.42 Å². The second kappa shape index (κ2) is 21.7. The first-order chi connectivity index (χ1) is 8.55. The van der Waals surface area contributed by atoms with Gasteiger partial charge in [0.05, 0.1) is 0 Å². The van der Waals surface area contributed by atoms with Crippen LogP contribution in [0.4, 0.5) is 0 Å². The van der Waals surface area contributed by atoms with Crippen LogP contribution in [0.5, 0.6) is 0 Å². The van der Waals surface area contributed by atoms with Crippen LogP contribution in [0.3, 0.4) is 0 Å². The Hall–Kier alpha value is -0.530. The summed E-state index contributed by atoms with van der Waals surface area (Å²) in [7, 11) is 1.84. The molecule has 1 rings (SSSR count). The maximum Gasteiger partial charge on any atom is 0.222 e. The number of hydrogen-bond donors (Lipinski definition) is 0. The zero-order valence-electron chi connectivity index (χ0n) is 14.0. The summed E-state index contributed by atoms with van der Waals surface area (Å²) in [5.74, 6) is 0.292. The number of likely N-dealkylation sites (tertiary alicyclic amines) is 1. The van der Waals surface area contributed by atoms with Crippen LogP contribution >= 0.6 is 0 Å². The molecule has 0 radical (unpaired) electrons. The summed E-state index contributed by atoms with van der Waals surface area (Å²) in [6.07, 6.45) is 8.39. The van der Waals surface area contributed by atoms with E-state index in [1.807, 2.05) is 7.05 Å². The first-order valence-electron chi connectivity index (χ1n) is 7.79. The van der Waals surface area contributed by atoms with Crippen molar-refractivity contribution in [1.29, 1.82) is 0 Å². The molecular weight excluding hydrogens is 222 g/mol. The van der Waals surface area contributed by atoms with Crippen molar-refractivity contribution in [2.24, 2.45) is 0 Å². The van der Waals surface area contributed by atoms with Crippen molar-refractivity contribution in [3.8, 4) is 0 Å². The van der Waals surface area contributed by atoms with E-state index in [1.54, 1.807) is 4.90 Å². The van der Waals surface area contributed by atoms with Gasteiger partial charge in [-0.2, -0.15) is 0 Å². The Balaban J connectivity index is -0.000000182. The monoisotopic (exact) mass is 259 g/mol. The second-order valence-electron chi connectivity index (χ2n) is 4.69. The van der Waals surface area contributed by atoms with Crippen molar-refractivity contribution in [2.45, 2.75) is 86.5 Å². The number of rotatable bonds is 2. The highest BCUT2D eigenvalue weighted by molar-refractivity contribution is 5.77. The topological polar surface area (TPSA) is 20.3 Å². The molecule has 0 N–H and O–H groups in total. The van der Waals surface area contributed by atoms with E-state index in [0.29, 0.717) is 5.91 Å². The average Bonchev–Trinajstić information content (AvgIpc) is 2.67. The van der Waals surface area contributed by atoms with Crippen LogP contribution in [0.1, 0.15) is 86.5 Å². The van der Waals surface area contributed by atoms with E-state index in [0.717, 1.165) is 19.4 Å². The Kier molecular flexibility index (Phi) is 27.3. The minimum atomic E-state index is 0.292. The molecule has 1 aliphatic heterocycles. The summed E-state index contributed by atoms with van der Waals surface area (Å²) in [6, 6.07) is 0. The third kappa shape index (κ3) is 24.6. The maximum atomic E-state index is 10.5. The molecule has 18 heavy (non-hydrogen) atoms. The molecule has 0 spiro atoms. The Morgan fingerprint density at radius 1 is 0.944 bits per heavy atom. The van der Waals surface area contributed by atoms with E-state index in [4.69, 9.17) is 0 Å². The second-order valence-corrected chi connectivity index (χ2v) is 4.69. The van der Waals surface area contributed by atoms with Gasteiger partial charge in [0.25, 0.3) is 0 Å². The third-order valence-corrected chi connectivity index (χ3v) is 2.02. The molecule has 0 bridgehead atoms. The average molecular weight is 259 g/mol. The molecule has 0 atom stereocenters. The Bertz CT molecular complexity index is 142. The lowest BCUT2D eigenvalue weighted by atomic mass is 10.3. The zero-order valence-corrected chi connectivity index (χ0v) is 14.0. The van der Waals surface area contributed by atoms with Gasteiger partial charge < -0.3 is 4.90 Å². The summed E-state index contributed by atoms with van der Waals surface area (Å²) < 4.78 is 0. The predicted octanol–water partition coefficient (Wildman–Crippen LogP) is 5.27. The number of amides is 1. The number of carbonyl (C=O) groups excluding carboxylic acids is 1. The number of unbranched alkanes of at least 4 members (excludes halogenated alkanes) is 2. The van der Waals surface area contributed by atoms with Crippen LogP contribution < -0.4 is 0 Å². The molecular formula is C16H37NO. The molecule has 2 heteroatoms. The van der Waals surface area contributed by atoms with Crippen molar-refractivity contribution in [1.82, 2.24) is 4.90 Å². The van der Waals surface area contributed by atoms with Gasteiger partial charge in [-0.3, -0.25) is 4.79 Å². The van der Waals surface area contributed by atoms with Gasteiger partial charge >= 0.3 is 0 Å². The molecule has 1 saturated heterocycles. The van der Waals surface area contributed by atoms with Gasteiger partial charge in [0.15, 0.2) is 0 Å². The molecule has 1 amide bonds. The van der Waals surface area contributed by atoms with E-state index < -0.39 is 0 Å². The van der Waals surface area contributed by atoms with Crippen LogP contribution in [0, 0.1) is 0 Å². The Labute approximate surface area is 116 Å². The molecule has 0 aromatic rings. The number of nitrogens with zero attached hydrogens (tertiary/aromatic N) is 1. The molecule has 0 aromatic carbocycles. The summed E-state index contributed by atoms with van der Waals surface area (Å²) >= 11 is 0. The van der Waals surface area contributed by atoms with Gasteiger partial charge in [-0.1, -0.05) is 73.6 Å². The minimum absolute atomic E-state index is 0.292. The van der Waals surface area contributed by atoms with Crippen LogP contribution in [0.2, 0.25) is 0 Å². The quantitative estimate of drug-likeness (QED) is 0.661. The van der Waals surface area contributed by atoms with Crippen LogP contribution in [-0.4, -0.2) is 24.4 Å². The molecule has 2 nitrogen and oxygen atoms in total. The summed E-state index contributed by atoms with van der Waals surface area (Å²) in [4.78, 5) is 12.3. The summed E-state index contributed by atoms with van der Waals surface area (Å²) in [5, 5.41) is 0. The van der Waals surface area contributed by atoms with Crippen LogP contribution in [-0.2, 0) is 4.79 Å². The fourth-order valence-corrected chi connectivity index (χ4v) is 1.14. The normalized spacial score (nSPS) is 12.6. The van der Waals surface area contributed by atoms with Crippen molar-refractivity contribution >= 4 is 5.91 Å².